The van der Waals surface area contributed by atoms with E-state index in [9.17, 15) is 0 Å². The number of hydrogen-bond donors (Lipinski definition) is 0. The molecule has 0 N–H and O–H groups in total. The van der Waals surface area contributed by atoms with Crippen molar-refractivity contribution < 1.29 is 0 Å². The fourth-order valence-corrected chi connectivity index (χ4v) is 7.32. The van der Waals surface area contributed by atoms with Gasteiger partial charge in [-0.1, -0.05) is 152 Å². The summed E-state index contributed by atoms with van der Waals surface area (Å²) in [5.74, 6) is 1.83. The average molecular weight is 651 g/mol. The summed E-state index contributed by atoms with van der Waals surface area (Å²) < 4.78 is 2.23. The van der Waals surface area contributed by atoms with Crippen LogP contribution in [0.2, 0.25) is 0 Å². The molecule has 4 nitrogen and oxygen atoms in total. The second kappa shape index (κ2) is 11.9. The van der Waals surface area contributed by atoms with Crippen molar-refractivity contribution in [2.75, 3.05) is 0 Å². The van der Waals surface area contributed by atoms with Gasteiger partial charge >= 0.3 is 0 Å². The maximum absolute atomic E-state index is 5.30. The molecule has 4 heteroatoms. The fraction of sp³-hybridized carbons (Fsp3) is 0. The van der Waals surface area contributed by atoms with E-state index in [0.717, 1.165) is 60.4 Å². The molecular formula is C47H30N4. The molecule has 0 saturated carbocycles. The molecule has 238 valence electrons. The van der Waals surface area contributed by atoms with Crippen LogP contribution in [0, 0.1) is 0 Å². The monoisotopic (exact) mass is 650 g/mol. The van der Waals surface area contributed by atoms with Crippen molar-refractivity contribution in [3.8, 4) is 51.0 Å². The zero-order chi connectivity index (χ0) is 33.7. The van der Waals surface area contributed by atoms with Crippen molar-refractivity contribution in [2.45, 2.75) is 0 Å². The number of nitrogens with zero attached hydrogens (tertiary/aromatic N) is 4. The summed E-state index contributed by atoms with van der Waals surface area (Å²) in [6.45, 7) is 0. The molecule has 2 heterocycles. The van der Waals surface area contributed by atoms with E-state index in [4.69, 9.17) is 15.0 Å². The Morgan fingerprint density at radius 3 is 1.49 bits per heavy atom. The summed E-state index contributed by atoms with van der Waals surface area (Å²) in [4.78, 5) is 15.8. The molecule has 8 aromatic carbocycles. The standard InChI is InChI=1S/C47H30N4/c1-3-13-31(14-4-1)39-29-41(34-17-5-2-6-18-34)44-42(30-39)40-21-11-12-22-43(40)51(44)47-49-45(37-25-23-32-15-7-9-19-35(32)27-37)48-46(50-47)38-26-24-33-16-8-10-20-36(33)28-38/h1-30H. The third-order valence-corrected chi connectivity index (χ3v) is 9.80. The average Bonchev–Trinajstić information content (AvgIpc) is 3.55. The van der Waals surface area contributed by atoms with Gasteiger partial charge in [-0.2, -0.15) is 9.97 Å². The number of fused-ring (bicyclic) bond motifs is 5. The quantitative estimate of drug-likeness (QED) is 0.186. The van der Waals surface area contributed by atoms with Crippen molar-refractivity contribution in [3.63, 3.8) is 0 Å². The number of benzene rings is 8. The Bertz CT molecular complexity index is 2810. The Kier molecular flexibility index (Phi) is 6.78. The fourth-order valence-electron chi connectivity index (χ4n) is 7.32. The molecule has 0 amide bonds. The summed E-state index contributed by atoms with van der Waals surface area (Å²) in [6.07, 6.45) is 0. The van der Waals surface area contributed by atoms with Crippen LogP contribution in [0.15, 0.2) is 182 Å². The van der Waals surface area contributed by atoms with Crippen LogP contribution in [0.1, 0.15) is 0 Å². The first-order valence-electron chi connectivity index (χ1n) is 17.2. The second-order valence-corrected chi connectivity index (χ2v) is 12.9. The normalized spacial score (nSPS) is 11.5. The summed E-state index contributed by atoms with van der Waals surface area (Å²) in [5, 5.41) is 6.92. The van der Waals surface area contributed by atoms with Gasteiger partial charge < -0.3 is 0 Å². The minimum absolute atomic E-state index is 0.576. The van der Waals surface area contributed by atoms with Crippen LogP contribution in [0.4, 0.5) is 0 Å². The maximum atomic E-state index is 5.30. The molecule has 0 saturated heterocycles. The van der Waals surface area contributed by atoms with E-state index in [1.54, 1.807) is 0 Å². The highest BCUT2D eigenvalue weighted by molar-refractivity contribution is 6.15. The molecular weight excluding hydrogens is 621 g/mol. The first-order chi connectivity index (χ1) is 25.3. The number of aromatic nitrogens is 4. The number of rotatable bonds is 5. The highest BCUT2D eigenvalue weighted by Gasteiger charge is 2.22. The summed E-state index contributed by atoms with van der Waals surface area (Å²) in [7, 11) is 0. The lowest BCUT2D eigenvalue weighted by Gasteiger charge is -2.14. The Labute approximate surface area is 295 Å². The van der Waals surface area contributed by atoms with Gasteiger partial charge in [0.25, 0.3) is 0 Å². The van der Waals surface area contributed by atoms with Crippen molar-refractivity contribution in [1.29, 1.82) is 0 Å². The molecule has 0 aliphatic heterocycles. The van der Waals surface area contributed by atoms with E-state index in [1.807, 2.05) is 0 Å². The van der Waals surface area contributed by atoms with E-state index >= 15 is 0 Å². The molecule has 0 aliphatic rings. The van der Waals surface area contributed by atoms with Gasteiger partial charge in [-0.3, -0.25) is 4.57 Å². The predicted octanol–water partition coefficient (Wildman–Crippen LogP) is 11.9. The molecule has 0 spiro atoms. The Hall–Kier alpha value is -6.91. The van der Waals surface area contributed by atoms with Crippen LogP contribution in [0.25, 0.3) is 94.3 Å². The van der Waals surface area contributed by atoms with Gasteiger partial charge in [-0.15, -0.1) is 0 Å². The van der Waals surface area contributed by atoms with E-state index in [-0.39, 0.29) is 0 Å². The van der Waals surface area contributed by atoms with E-state index < -0.39 is 0 Å². The molecule has 10 rings (SSSR count). The van der Waals surface area contributed by atoms with Crippen molar-refractivity contribution in [2.24, 2.45) is 0 Å². The number of para-hydroxylation sites is 1. The van der Waals surface area contributed by atoms with Crippen molar-refractivity contribution >= 4 is 43.4 Å². The zero-order valence-electron chi connectivity index (χ0n) is 27.6. The van der Waals surface area contributed by atoms with Crippen LogP contribution in [0.3, 0.4) is 0 Å². The predicted molar refractivity (Wildman–Crippen MR) is 211 cm³/mol. The highest BCUT2D eigenvalue weighted by Crippen LogP contribution is 2.41. The second-order valence-electron chi connectivity index (χ2n) is 12.9. The number of hydrogen-bond acceptors (Lipinski definition) is 3. The van der Waals surface area contributed by atoms with Crippen LogP contribution in [-0.2, 0) is 0 Å². The van der Waals surface area contributed by atoms with E-state index in [0.29, 0.717) is 17.6 Å². The maximum Gasteiger partial charge on any atom is 0.238 e. The minimum atomic E-state index is 0.576. The van der Waals surface area contributed by atoms with Crippen LogP contribution >= 0.6 is 0 Å². The van der Waals surface area contributed by atoms with Crippen LogP contribution in [0.5, 0.6) is 0 Å². The van der Waals surface area contributed by atoms with Crippen molar-refractivity contribution in [1.82, 2.24) is 19.5 Å². The smallest absolute Gasteiger partial charge is 0.238 e. The first kappa shape index (κ1) is 29.0. The molecule has 0 bridgehead atoms. The lowest BCUT2D eigenvalue weighted by Crippen LogP contribution is -2.07. The summed E-state index contributed by atoms with van der Waals surface area (Å²) in [5.41, 5.74) is 8.55. The van der Waals surface area contributed by atoms with Gasteiger partial charge in [0.05, 0.1) is 11.0 Å². The minimum Gasteiger partial charge on any atom is -0.277 e. The lowest BCUT2D eigenvalue weighted by atomic mass is 9.95. The first-order valence-corrected chi connectivity index (χ1v) is 17.2. The summed E-state index contributed by atoms with van der Waals surface area (Å²) >= 11 is 0. The molecule has 0 atom stereocenters. The van der Waals surface area contributed by atoms with Gasteiger partial charge in [0, 0.05) is 27.5 Å². The van der Waals surface area contributed by atoms with Crippen LogP contribution in [-0.4, -0.2) is 19.5 Å². The van der Waals surface area contributed by atoms with E-state index in [2.05, 4.69) is 187 Å². The molecule has 51 heavy (non-hydrogen) atoms. The van der Waals surface area contributed by atoms with Gasteiger partial charge in [0.15, 0.2) is 11.6 Å². The Balaban J connectivity index is 1.30. The van der Waals surface area contributed by atoms with Gasteiger partial charge in [-0.05, 0) is 68.6 Å². The van der Waals surface area contributed by atoms with Gasteiger partial charge in [0.1, 0.15) is 0 Å². The largest absolute Gasteiger partial charge is 0.277 e. The van der Waals surface area contributed by atoms with E-state index in [1.165, 1.54) is 16.3 Å². The van der Waals surface area contributed by atoms with Gasteiger partial charge in [-0.25, -0.2) is 4.98 Å². The molecule has 10 aromatic rings. The van der Waals surface area contributed by atoms with Crippen molar-refractivity contribution in [3.05, 3.63) is 182 Å². The third kappa shape index (κ3) is 5.04. The molecule has 2 aromatic heterocycles. The Morgan fingerprint density at radius 1 is 0.333 bits per heavy atom. The molecule has 0 radical (unpaired) electrons. The zero-order valence-corrected chi connectivity index (χ0v) is 27.6. The SMILES string of the molecule is c1ccc(-c2cc(-c3ccccc3)c3c(c2)c2ccccc2n3-c2nc(-c3ccc4ccccc4c3)nc(-c3ccc4ccccc4c3)n2)cc1. The molecule has 0 unspecified atom stereocenters. The third-order valence-electron chi connectivity index (χ3n) is 9.80. The summed E-state index contributed by atoms with van der Waals surface area (Å²) in [6, 6.07) is 64.1. The Morgan fingerprint density at radius 2 is 0.863 bits per heavy atom. The lowest BCUT2D eigenvalue weighted by molar-refractivity contribution is 0.954. The molecule has 0 fully saturated rings. The highest BCUT2D eigenvalue weighted by atomic mass is 15.2. The van der Waals surface area contributed by atoms with Gasteiger partial charge in [0.2, 0.25) is 5.95 Å². The van der Waals surface area contributed by atoms with Crippen LogP contribution < -0.4 is 0 Å². The molecule has 0 aliphatic carbocycles. The topological polar surface area (TPSA) is 43.6 Å².